The number of nitrogens with one attached hydrogen (secondary N) is 1. The summed E-state index contributed by atoms with van der Waals surface area (Å²) < 4.78 is 16.1. The highest BCUT2D eigenvalue weighted by Crippen LogP contribution is 2.30. The van der Waals surface area contributed by atoms with E-state index in [1.807, 2.05) is 26.0 Å². The molecule has 0 aliphatic carbocycles. The zero-order chi connectivity index (χ0) is 21.4. The summed E-state index contributed by atoms with van der Waals surface area (Å²) in [6.45, 7) is 4.53. The van der Waals surface area contributed by atoms with Crippen LogP contribution in [-0.4, -0.2) is 51.1 Å². The standard InChI is InChI=1S/C22H28N2O5/c1-6-29-18-10-8-7-9-17(18)22(26)23-13-21(25)24(3)14-16-12-20(28-5)19(27-4)11-15(16)2/h7-12H,6,13-14H2,1-5H3,(H,23,26). The Morgan fingerprint density at radius 1 is 1.03 bits per heavy atom. The van der Waals surface area contributed by atoms with Gasteiger partial charge in [-0.25, -0.2) is 0 Å². The summed E-state index contributed by atoms with van der Waals surface area (Å²) in [5.41, 5.74) is 2.32. The number of ether oxygens (including phenoxy) is 3. The molecule has 0 heterocycles. The van der Waals surface area contributed by atoms with Crippen LogP contribution >= 0.6 is 0 Å². The molecule has 2 aromatic carbocycles. The molecule has 2 aromatic rings. The maximum atomic E-state index is 12.5. The van der Waals surface area contributed by atoms with E-state index < -0.39 is 0 Å². The topological polar surface area (TPSA) is 77.1 Å². The van der Waals surface area contributed by atoms with Crippen molar-refractivity contribution < 1.29 is 23.8 Å². The van der Waals surface area contributed by atoms with E-state index in [-0.39, 0.29) is 18.4 Å². The first-order valence-corrected chi connectivity index (χ1v) is 9.36. The van der Waals surface area contributed by atoms with Gasteiger partial charge in [-0.2, -0.15) is 0 Å². The molecule has 0 radical (unpaired) electrons. The monoisotopic (exact) mass is 400 g/mol. The van der Waals surface area contributed by atoms with E-state index in [4.69, 9.17) is 14.2 Å². The van der Waals surface area contributed by atoms with Gasteiger partial charge in [-0.1, -0.05) is 12.1 Å². The molecule has 29 heavy (non-hydrogen) atoms. The SMILES string of the molecule is CCOc1ccccc1C(=O)NCC(=O)N(C)Cc1cc(OC)c(OC)cc1C. The summed E-state index contributed by atoms with van der Waals surface area (Å²) in [6.07, 6.45) is 0. The molecule has 7 heteroatoms. The number of para-hydroxylation sites is 1. The number of benzene rings is 2. The van der Waals surface area contributed by atoms with E-state index in [1.54, 1.807) is 50.4 Å². The van der Waals surface area contributed by atoms with Gasteiger partial charge in [0.25, 0.3) is 5.91 Å². The predicted molar refractivity (Wildman–Crippen MR) is 111 cm³/mol. The van der Waals surface area contributed by atoms with Gasteiger partial charge in [0.2, 0.25) is 5.91 Å². The number of likely N-dealkylation sites (N-methyl/N-ethyl adjacent to an activating group) is 1. The van der Waals surface area contributed by atoms with Crippen molar-refractivity contribution in [2.24, 2.45) is 0 Å². The van der Waals surface area contributed by atoms with Gasteiger partial charge in [0.1, 0.15) is 5.75 Å². The van der Waals surface area contributed by atoms with Crippen molar-refractivity contribution in [1.29, 1.82) is 0 Å². The molecule has 2 amide bonds. The van der Waals surface area contributed by atoms with Crippen molar-refractivity contribution >= 4 is 11.8 Å². The van der Waals surface area contributed by atoms with Crippen LogP contribution in [-0.2, 0) is 11.3 Å². The van der Waals surface area contributed by atoms with Gasteiger partial charge >= 0.3 is 0 Å². The number of aryl methyl sites for hydroxylation is 1. The molecule has 0 bridgehead atoms. The van der Waals surface area contributed by atoms with E-state index in [1.165, 1.54) is 0 Å². The fourth-order valence-corrected chi connectivity index (χ4v) is 2.86. The quantitative estimate of drug-likeness (QED) is 0.700. The molecule has 0 spiro atoms. The molecular weight excluding hydrogens is 372 g/mol. The summed E-state index contributed by atoms with van der Waals surface area (Å²) in [5.74, 6) is 1.19. The highest BCUT2D eigenvalue weighted by Gasteiger charge is 2.16. The Morgan fingerprint density at radius 3 is 2.34 bits per heavy atom. The van der Waals surface area contributed by atoms with Crippen LogP contribution in [0.5, 0.6) is 17.2 Å². The van der Waals surface area contributed by atoms with Gasteiger partial charge in [-0.3, -0.25) is 9.59 Å². The molecule has 0 saturated heterocycles. The third-order valence-electron chi connectivity index (χ3n) is 4.51. The van der Waals surface area contributed by atoms with Gasteiger partial charge in [-0.15, -0.1) is 0 Å². The number of hydrogen-bond donors (Lipinski definition) is 1. The number of hydrogen-bond acceptors (Lipinski definition) is 5. The van der Waals surface area contributed by atoms with Crippen molar-refractivity contribution in [2.45, 2.75) is 20.4 Å². The predicted octanol–water partition coefficient (Wildman–Crippen LogP) is 2.80. The minimum absolute atomic E-state index is 0.109. The lowest BCUT2D eigenvalue weighted by atomic mass is 10.1. The second-order valence-electron chi connectivity index (χ2n) is 6.50. The lowest BCUT2D eigenvalue weighted by Gasteiger charge is -2.20. The van der Waals surface area contributed by atoms with Crippen molar-refractivity contribution in [3.05, 3.63) is 53.1 Å². The maximum Gasteiger partial charge on any atom is 0.255 e. The Balaban J connectivity index is 2.00. The van der Waals surface area contributed by atoms with Gasteiger partial charge in [0.05, 0.1) is 32.9 Å². The molecule has 0 unspecified atom stereocenters. The third-order valence-corrected chi connectivity index (χ3v) is 4.51. The van der Waals surface area contributed by atoms with Gasteiger partial charge < -0.3 is 24.4 Å². The summed E-state index contributed by atoms with van der Waals surface area (Å²) >= 11 is 0. The fourth-order valence-electron chi connectivity index (χ4n) is 2.86. The third kappa shape index (κ3) is 5.63. The lowest BCUT2D eigenvalue weighted by Crippen LogP contribution is -2.38. The minimum atomic E-state index is -0.349. The van der Waals surface area contributed by atoms with E-state index in [0.717, 1.165) is 11.1 Å². The van der Waals surface area contributed by atoms with Crippen molar-refractivity contribution in [2.75, 3.05) is 34.4 Å². The molecule has 0 aliphatic heterocycles. The summed E-state index contributed by atoms with van der Waals surface area (Å²) in [4.78, 5) is 26.5. The van der Waals surface area contributed by atoms with Crippen LogP contribution in [0.1, 0.15) is 28.4 Å². The Kier molecular flexibility index (Phi) is 7.88. The molecule has 0 aliphatic rings. The molecular formula is C22H28N2O5. The van der Waals surface area contributed by atoms with Crippen molar-refractivity contribution in [1.82, 2.24) is 10.2 Å². The van der Waals surface area contributed by atoms with Gasteiger partial charge in [-0.05, 0) is 49.2 Å². The zero-order valence-electron chi connectivity index (χ0n) is 17.6. The second kappa shape index (κ2) is 10.4. The maximum absolute atomic E-state index is 12.5. The molecule has 0 fully saturated rings. The fraction of sp³-hybridized carbons (Fsp3) is 0.364. The number of carbonyl (C=O) groups is 2. The van der Waals surface area contributed by atoms with Crippen molar-refractivity contribution in [3.63, 3.8) is 0 Å². The molecule has 0 atom stereocenters. The summed E-state index contributed by atoms with van der Waals surface area (Å²) in [6, 6.07) is 10.7. The number of carbonyl (C=O) groups excluding carboxylic acids is 2. The van der Waals surface area contributed by atoms with Crippen LogP contribution in [0.4, 0.5) is 0 Å². The first kappa shape index (κ1) is 22.1. The van der Waals surface area contributed by atoms with Crippen LogP contribution in [0.2, 0.25) is 0 Å². The number of amides is 2. The highest BCUT2D eigenvalue weighted by atomic mass is 16.5. The molecule has 7 nitrogen and oxygen atoms in total. The van der Waals surface area contributed by atoms with Gasteiger partial charge in [0.15, 0.2) is 11.5 Å². The molecule has 0 aromatic heterocycles. The van der Waals surface area contributed by atoms with E-state index in [0.29, 0.717) is 36.0 Å². The Labute approximate surface area is 171 Å². The van der Waals surface area contributed by atoms with E-state index >= 15 is 0 Å². The van der Waals surface area contributed by atoms with Crippen LogP contribution in [0.3, 0.4) is 0 Å². The van der Waals surface area contributed by atoms with E-state index in [9.17, 15) is 9.59 Å². The first-order valence-electron chi connectivity index (χ1n) is 9.36. The minimum Gasteiger partial charge on any atom is -0.493 e. The lowest BCUT2D eigenvalue weighted by molar-refractivity contribution is -0.129. The summed E-state index contributed by atoms with van der Waals surface area (Å²) in [7, 11) is 4.85. The normalized spacial score (nSPS) is 10.2. The van der Waals surface area contributed by atoms with Crippen LogP contribution in [0, 0.1) is 6.92 Å². The highest BCUT2D eigenvalue weighted by molar-refractivity contribution is 5.98. The smallest absolute Gasteiger partial charge is 0.255 e. The van der Waals surface area contributed by atoms with Crippen LogP contribution in [0.15, 0.2) is 36.4 Å². The van der Waals surface area contributed by atoms with Crippen molar-refractivity contribution in [3.8, 4) is 17.2 Å². The average Bonchev–Trinajstić information content (AvgIpc) is 2.73. The second-order valence-corrected chi connectivity index (χ2v) is 6.50. The van der Waals surface area contributed by atoms with Crippen LogP contribution in [0.25, 0.3) is 0 Å². The zero-order valence-corrected chi connectivity index (χ0v) is 17.6. The number of methoxy groups -OCH3 is 2. The first-order chi connectivity index (χ1) is 13.9. The molecule has 156 valence electrons. The molecule has 2 rings (SSSR count). The van der Waals surface area contributed by atoms with Crippen LogP contribution < -0.4 is 19.5 Å². The Morgan fingerprint density at radius 2 is 1.69 bits per heavy atom. The summed E-state index contributed by atoms with van der Waals surface area (Å²) in [5, 5.41) is 2.66. The van der Waals surface area contributed by atoms with E-state index in [2.05, 4.69) is 5.32 Å². The number of rotatable bonds is 9. The van der Waals surface area contributed by atoms with Gasteiger partial charge in [0, 0.05) is 13.6 Å². The molecule has 1 N–H and O–H groups in total. The largest absolute Gasteiger partial charge is 0.493 e. The number of nitrogens with zero attached hydrogens (tertiary/aromatic N) is 1. The Bertz CT molecular complexity index is 866. The Hall–Kier alpha value is -3.22. The molecule has 0 saturated carbocycles. The average molecular weight is 400 g/mol.